The van der Waals surface area contributed by atoms with Crippen molar-refractivity contribution in [1.29, 1.82) is 0 Å². The smallest absolute Gasteiger partial charge is 0.263 e. The van der Waals surface area contributed by atoms with Gasteiger partial charge in [-0.3, -0.25) is 4.79 Å². The maximum Gasteiger partial charge on any atom is 0.263 e. The molecule has 0 radical (unpaired) electrons. The summed E-state index contributed by atoms with van der Waals surface area (Å²) in [4.78, 5) is 11.5. The Morgan fingerprint density at radius 2 is 1.88 bits per heavy atom. The summed E-state index contributed by atoms with van der Waals surface area (Å²) < 4.78 is 26.4. The van der Waals surface area contributed by atoms with Crippen molar-refractivity contribution in [3.8, 4) is 22.4 Å². The molecule has 1 amide bonds. The number of hydrogen-bond donors (Lipinski definition) is 2. The lowest BCUT2D eigenvalue weighted by molar-refractivity contribution is -0.109. The Hall–Kier alpha value is -3.39. The second-order valence-electron chi connectivity index (χ2n) is 5.50. The quantitative estimate of drug-likeness (QED) is 0.539. The van der Waals surface area contributed by atoms with E-state index in [2.05, 4.69) is 10.5 Å². The van der Waals surface area contributed by atoms with Crippen LogP contribution in [0.4, 0.5) is 11.4 Å². The predicted molar refractivity (Wildman–Crippen MR) is 100 cm³/mol. The van der Waals surface area contributed by atoms with E-state index in [1.54, 1.807) is 25.1 Å². The molecule has 0 aliphatic heterocycles. The monoisotopic (exact) mass is 369 g/mol. The van der Waals surface area contributed by atoms with Crippen molar-refractivity contribution in [1.82, 2.24) is 5.16 Å². The van der Waals surface area contributed by atoms with Crippen LogP contribution in [-0.4, -0.2) is 24.8 Å². The number of aryl methyl sites for hydroxylation is 1. The molecule has 26 heavy (non-hydrogen) atoms. The number of aromatic nitrogens is 1. The first-order valence-corrected chi connectivity index (χ1v) is 8.75. The minimum atomic E-state index is -2.58. The lowest BCUT2D eigenvalue weighted by Crippen LogP contribution is -2.14. The molecule has 2 aromatic carbocycles. The molecule has 1 aromatic heterocycles. The Morgan fingerprint density at radius 3 is 2.54 bits per heavy atom. The van der Waals surface area contributed by atoms with Gasteiger partial charge in [-0.25, -0.2) is 0 Å². The van der Waals surface area contributed by atoms with Crippen LogP contribution in [0.5, 0.6) is 0 Å². The van der Waals surface area contributed by atoms with Crippen LogP contribution in [0, 0.1) is 6.92 Å². The lowest BCUT2D eigenvalue weighted by atomic mass is 9.98. The number of hydrogen-bond acceptors (Lipinski definition) is 6. The summed E-state index contributed by atoms with van der Waals surface area (Å²) in [6.45, 7) is 1.80. The first-order valence-electron chi connectivity index (χ1n) is 7.61. The van der Waals surface area contributed by atoms with Gasteiger partial charge in [-0.15, -0.1) is 0 Å². The van der Waals surface area contributed by atoms with E-state index in [0.717, 1.165) is 16.7 Å². The number of anilines is 2. The van der Waals surface area contributed by atoms with E-state index in [1.165, 1.54) is 0 Å². The fourth-order valence-corrected chi connectivity index (χ4v) is 2.82. The van der Waals surface area contributed by atoms with E-state index in [-0.39, 0.29) is 0 Å². The molecule has 1 heterocycles. The van der Waals surface area contributed by atoms with Crippen molar-refractivity contribution in [2.24, 2.45) is 0 Å². The van der Waals surface area contributed by atoms with E-state index in [0.29, 0.717) is 28.2 Å². The second kappa shape index (κ2) is 7.24. The Morgan fingerprint density at radius 1 is 1.15 bits per heavy atom. The van der Waals surface area contributed by atoms with Crippen LogP contribution in [0.3, 0.4) is 0 Å². The molecule has 0 bridgehead atoms. The molecular formula is C18H15N3O4S. The highest BCUT2D eigenvalue weighted by Crippen LogP contribution is 2.36. The van der Waals surface area contributed by atoms with Crippen molar-refractivity contribution in [3.63, 3.8) is 0 Å². The van der Waals surface area contributed by atoms with E-state index >= 15 is 0 Å². The predicted octanol–water partition coefficient (Wildman–Crippen LogP) is 2.52. The summed E-state index contributed by atoms with van der Waals surface area (Å²) in [6, 6.07) is 14.6. The Labute approximate surface area is 151 Å². The highest BCUT2D eigenvalue weighted by molar-refractivity contribution is 7.73. The number of nitrogen functional groups attached to an aromatic ring is 1. The van der Waals surface area contributed by atoms with Gasteiger partial charge in [0.2, 0.25) is 10.3 Å². The summed E-state index contributed by atoms with van der Waals surface area (Å²) in [6.07, 6.45) is 0. The number of benzene rings is 2. The largest absolute Gasteiger partial charge is 0.397 e. The topological polar surface area (TPSA) is 115 Å². The number of nitrogens with two attached hydrogens (primary N) is 1. The summed E-state index contributed by atoms with van der Waals surface area (Å²) in [5.74, 6) is -0.140. The molecule has 3 rings (SSSR count). The van der Waals surface area contributed by atoms with Crippen molar-refractivity contribution < 1.29 is 17.7 Å². The van der Waals surface area contributed by atoms with Gasteiger partial charge in [0.15, 0.2) is 0 Å². The first-order chi connectivity index (χ1) is 12.5. The van der Waals surface area contributed by atoms with Gasteiger partial charge in [-0.1, -0.05) is 41.6 Å². The minimum absolute atomic E-state index is 0.292. The molecule has 0 atom stereocenters. The van der Waals surface area contributed by atoms with E-state index in [4.69, 9.17) is 10.3 Å². The zero-order chi connectivity index (χ0) is 18.7. The summed E-state index contributed by atoms with van der Waals surface area (Å²) in [5.41, 5.74) is 9.79. The molecule has 0 saturated carbocycles. The molecule has 3 N–H and O–H groups in total. The van der Waals surface area contributed by atoms with Crippen LogP contribution in [0.25, 0.3) is 22.4 Å². The number of amides is 1. The third-order valence-corrected chi connectivity index (χ3v) is 4.12. The zero-order valence-corrected chi connectivity index (χ0v) is 14.6. The fourth-order valence-electron chi connectivity index (χ4n) is 2.59. The van der Waals surface area contributed by atoms with Gasteiger partial charge in [0, 0.05) is 5.56 Å². The number of carbonyl (C=O) groups is 1. The van der Waals surface area contributed by atoms with Crippen LogP contribution in [0.1, 0.15) is 5.76 Å². The third kappa shape index (κ3) is 3.65. The molecule has 8 heteroatoms. The van der Waals surface area contributed by atoms with Crippen molar-refractivity contribution >= 4 is 32.9 Å². The van der Waals surface area contributed by atoms with Crippen LogP contribution < -0.4 is 11.1 Å². The minimum Gasteiger partial charge on any atom is -0.397 e. The third-order valence-electron chi connectivity index (χ3n) is 3.71. The molecule has 3 aromatic rings. The van der Waals surface area contributed by atoms with Crippen molar-refractivity contribution in [2.45, 2.75) is 6.92 Å². The van der Waals surface area contributed by atoms with Gasteiger partial charge in [0.1, 0.15) is 16.8 Å². The van der Waals surface area contributed by atoms with Gasteiger partial charge in [0.05, 0.1) is 16.9 Å². The Kier molecular flexibility index (Phi) is 4.85. The Balaban J connectivity index is 2.00. The SMILES string of the molecule is Cc1onc(-c2ccccc2)c1-c1ccc(NC(=O)C=S(=O)=O)c(N)c1. The highest BCUT2D eigenvalue weighted by Gasteiger charge is 2.17. The molecule has 7 nitrogen and oxygen atoms in total. The number of rotatable bonds is 4. The van der Waals surface area contributed by atoms with E-state index in [1.807, 2.05) is 30.3 Å². The molecular weight excluding hydrogens is 354 g/mol. The van der Waals surface area contributed by atoms with Crippen LogP contribution >= 0.6 is 0 Å². The summed E-state index contributed by atoms with van der Waals surface area (Å²) in [7, 11) is -2.58. The number of nitrogens with zero attached hydrogens (tertiary/aromatic N) is 1. The maximum absolute atomic E-state index is 11.5. The average molecular weight is 369 g/mol. The van der Waals surface area contributed by atoms with Gasteiger partial charge in [0.25, 0.3) is 5.91 Å². The fraction of sp³-hybridized carbons (Fsp3) is 0.0556. The molecule has 0 fully saturated rings. The zero-order valence-electron chi connectivity index (χ0n) is 13.8. The maximum atomic E-state index is 11.5. The van der Waals surface area contributed by atoms with Crippen molar-refractivity contribution in [2.75, 3.05) is 11.1 Å². The summed E-state index contributed by atoms with van der Waals surface area (Å²) in [5, 5.41) is 7.09. The van der Waals surface area contributed by atoms with Gasteiger partial charge in [-0.2, -0.15) is 8.42 Å². The summed E-state index contributed by atoms with van der Waals surface area (Å²) >= 11 is 0. The average Bonchev–Trinajstić information content (AvgIpc) is 2.98. The highest BCUT2D eigenvalue weighted by atomic mass is 32.2. The second-order valence-corrected chi connectivity index (χ2v) is 6.25. The normalized spacial score (nSPS) is 10.3. The van der Waals surface area contributed by atoms with Crippen molar-refractivity contribution in [3.05, 3.63) is 54.3 Å². The molecule has 0 saturated heterocycles. The molecule has 0 unspecified atom stereocenters. The van der Waals surface area contributed by atoms with Gasteiger partial charge in [-0.05, 0) is 24.6 Å². The molecule has 0 aliphatic carbocycles. The number of carbonyl (C=O) groups excluding carboxylic acids is 1. The Bertz CT molecular complexity index is 1090. The van der Waals surface area contributed by atoms with Crippen LogP contribution in [0.2, 0.25) is 0 Å². The van der Waals surface area contributed by atoms with E-state index in [9.17, 15) is 13.2 Å². The standard InChI is InChI=1S/C18H15N3O4S/c1-11-17(18(21-25-11)12-5-3-2-4-6-12)13-7-8-15(14(19)9-13)20-16(22)10-26(23)24/h2-10H,19H2,1H3,(H,20,22). The van der Waals surface area contributed by atoms with Gasteiger partial charge >= 0.3 is 0 Å². The van der Waals surface area contributed by atoms with Crippen LogP contribution in [0.15, 0.2) is 53.1 Å². The van der Waals surface area contributed by atoms with Crippen LogP contribution in [-0.2, 0) is 15.1 Å². The first kappa shape index (κ1) is 17.4. The molecule has 0 aliphatic rings. The lowest BCUT2D eigenvalue weighted by Gasteiger charge is -2.09. The number of nitrogens with one attached hydrogen (secondary N) is 1. The van der Waals surface area contributed by atoms with Gasteiger partial charge < -0.3 is 15.6 Å². The molecule has 132 valence electrons. The molecule has 0 spiro atoms. The van der Waals surface area contributed by atoms with E-state index < -0.39 is 16.2 Å².